The van der Waals surface area contributed by atoms with Crippen molar-refractivity contribution < 1.29 is 4.74 Å². The van der Waals surface area contributed by atoms with Crippen molar-refractivity contribution in [3.8, 4) is 5.75 Å². The van der Waals surface area contributed by atoms with E-state index >= 15 is 0 Å². The van der Waals surface area contributed by atoms with Crippen molar-refractivity contribution in [1.82, 2.24) is 9.97 Å². The molecule has 0 amide bonds. The van der Waals surface area contributed by atoms with Gasteiger partial charge in [0, 0.05) is 0 Å². The number of hydrogen-bond donors (Lipinski definition) is 1. The van der Waals surface area contributed by atoms with E-state index in [2.05, 4.69) is 9.97 Å². The lowest BCUT2D eigenvalue weighted by molar-refractivity contribution is 0.419. The molecule has 2 rings (SSSR count). The van der Waals surface area contributed by atoms with Crippen molar-refractivity contribution in [2.75, 3.05) is 7.11 Å². The first-order valence-corrected chi connectivity index (χ1v) is 4.46. The molecule has 0 saturated carbocycles. The minimum absolute atomic E-state index is 0. The number of hydrogen-bond acceptors (Lipinski definition) is 2. The molecular formula is C9H10Cl2N2O. The zero-order chi connectivity index (χ0) is 9.26. The molecule has 1 aromatic carbocycles. The zero-order valence-electron chi connectivity index (χ0n) is 7.58. The van der Waals surface area contributed by atoms with Crippen molar-refractivity contribution in [1.29, 1.82) is 0 Å². The number of ether oxygens (including phenoxy) is 1. The molecule has 1 heterocycles. The molecule has 2 aromatic rings. The van der Waals surface area contributed by atoms with Crippen LogP contribution in [-0.4, -0.2) is 17.1 Å². The van der Waals surface area contributed by atoms with Crippen LogP contribution in [0.5, 0.6) is 5.75 Å². The summed E-state index contributed by atoms with van der Waals surface area (Å²) in [6.45, 7) is 0. The first-order chi connectivity index (χ1) is 6.35. The van der Waals surface area contributed by atoms with Crippen molar-refractivity contribution in [2.45, 2.75) is 5.88 Å². The number of nitrogens with one attached hydrogen (secondary N) is 1. The fourth-order valence-corrected chi connectivity index (χ4v) is 1.41. The van der Waals surface area contributed by atoms with Gasteiger partial charge in [0.25, 0.3) is 0 Å². The smallest absolute Gasteiger partial charge is 0.146 e. The maximum absolute atomic E-state index is 5.66. The van der Waals surface area contributed by atoms with Gasteiger partial charge in [-0.05, 0) is 12.1 Å². The van der Waals surface area contributed by atoms with E-state index in [0.717, 1.165) is 22.6 Å². The Morgan fingerprint density at radius 1 is 1.50 bits per heavy atom. The zero-order valence-corrected chi connectivity index (χ0v) is 9.15. The van der Waals surface area contributed by atoms with Gasteiger partial charge in [-0.25, -0.2) is 4.98 Å². The van der Waals surface area contributed by atoms with Crippen molar-refractivity contribution in [3.63, 3.8) is 0 Å². The Morgan fingerprint density at radius 3 is 2.93 bits per heavy atom. The van der Waals surface area contributed by atoms with Crippen molar-refractivity contribution in [3.05, 3.63) is 24.0 Å². The normalized spacial score (nSPS) is 9.86. The third-order valence-electron chi connectivity index (χ3n) is 1.87. The summed E-state index contributed by atoms with van der Waals surface area (Å²) in [5.74, 6) is 1.92. The number of nitrogens with zero attached hydrogens (tertiary/aromatic N) is 1. The number of fused-ring (bicyclic) bond motifs is 1. The minimum Gasteiger partial charge on any atom is -0.494 e. The van der Waals surface area contributed by atoms with Crippen LogP contribution in [0.1, 0.15) is 5.82 Å². The van der Waals surface area contributed by atoms with Gasteiger partial charge in [0.05, 0.1) is 18.5 Å². The molecule has 0 atom stereocenters. The number of halogens is 2. The second-order valence-corrected chi connectivity index (χ2v) is 2.94. The van der Waals surface area contributed by atoms with Crippen molar-refractivity contribution >= 4 is 35.0 Å². The number of benzene rings is 1. The Morgan fingerprint density at radius 2 is 2.29 bits per heavy atom. The first kappa shape index (κ1) is 11.1. The summed E-state index contributed by atoms with van der Waals surface area (Å²) in [6, 6.07) is 5.74. The van der Waals surface area contributed by atoms with Crippen LogP contribution in [0, 0.1) is 0 Å². The lowest BCUT2D eigenvalue weighted by atomic mass is 10.3. The predicted octanol–water partition coefficient (Wildman–Crippen LogP) is 2.73. The standard InChI is InChI=1S/C9H9ClN2O.ClH/c1-13-7-4-2-3-6-9(7)12-8(5-10)11-6;/h2-4H,5H2,1H3,(H,11,12);1H. The van der Waals surface area contributed by atoms with Crippen LogP contribution in [0.25, 0.3) is 11.0 Å². The Bertz CT molecular complexity index is 428. The molecule has 76 valence electrons. The fraction of sp³-hybridized carbons (Fsp3) is 0.222. The maximum Gasteiger partial charge on any atom is 0.146 e. The summed E-state index contributed by atoms with van der Waals surface area (Å²) >= 11 is 5.66. The van der Waals surface area contributed by atoms with Gasteiger partial charge >= 0.3 is 0 Å². The van der Waals surface area contributed by atoms with Crippen LogP contribution in [0.2, 0.25) is 0 Å². The highest BCUT2D eigenvalue weighted by molar-refractivity contribution is 6.16. The fourth-order valence-electron chi connectivity index (χ4n) is 1.28. The third kappa shape index (κ3) is 1.79. The maximum atomic E-state index is 5.66. The quantitative estimate of drug-likeness (QED) is 0.810. The number of para-hydroxylation sites is 1. The Hall–Kier alpha value is -0.930. The van der Waals surface area contributed by atoms with Gasteiger partial charge in [-0.3, -0.25) is 0 Å². The molecule has 0 unspecified atom stereocenters. The summed E-state index contributed by atoms with van der Waals surface area (Å²) in [5.41, 5.74) is 1.79. The number of rotatable bonds is 2. The second kappa shape index (κ2) is 4.53. The molecule has 0 saturated heterocycles. The molecule has 0 aliphatic heterocycles. The van der Waals surface area contributed by atoms with E-state index in [0.29, 0.717) is 5.88 Å². The summed E-state index contributed by atoms with van der Waals surface area (Å²) in [4.78, 5) is 7.39. The molecule has 0 radical (unpaired) electrons. The predicted molar refractivity (Wildman–Crippen MR) is 59.5 cm³/mol. The van der Waals surface area contributed by atoms with E-state index in [1.807, 2.05) is 18.2 Å². The molecule has 1 aromatic heterocycles. The van der Waals surface area contributed by atoms with Crippen LogP contribution in [0.3, 0.4) is 0 Å². The number of methoxy groups -OCH3 is 1. The highest BCUT2D eigenvalue weighted by Gasteiger charge is 2.05. The van der Waals surface area contributed by atoms with Gasteiger partial charge in [0.2, 0.25) is 0 Å². The molecule has 5 heteroatoms. The molecule has 0 bridgehead atoms. The number of aromatic amines is 1. The van der Waals surface area contributed by atoms with Crippen LogP contribution in [0.15, 0.2) is 18.2 Å². The molecule has 1 N–H and O–H groups in total. The van der Waals surface area contributed by atoms with Gasteiger partial charge in [-0.15, -0.1) is 24.0 Å². The Balaban J connectivity index is 0.000000980. The second-order valence-electron chi connectivity index (χ2n) is 2.67. The SMILES string of the molecule is COc1cccc2[nH]c(CCl)nc12.Cl. The molecule has 0 aliphatic rings. The molecule has 14 heavy (non-hydrogen) atoms. The van der Waals surface area contributed by atoms with E-state index < -0.39 is 0 Å². The van der Waals surface area contributed by atoms with Crippen LogP contribution in [0.4, 0.5) is 0 Å². The number of imidazole rings is 1. The van der Waals surface area contributed by atoms with Gasteiger partial charge in [-0.1, -0.05) is 6.07 Å². The summed E-state index contributed by atoms with van der Waals surface area (Å²) in [5, 5.41) is 0. The largest absolute Gasteiger partial charge is 0.494 e. The van der Waals surface area contributed by atoms with E-state index in [4.69, 9.17) is 16.3 Å². The Kier molecular flexibility index (Phi) is 3.61. The van der Waals surface area contributed by atoms with E-state index in [1.54, 1.807) is 7.11 Å². The highest BCUT2D eigenvalue weighted by Crippen LogP contribution is 2.23. The topological polar surface area (TPSA) is 37.9 Å². The van der Waals surface area contributed by atoms with E-state index in [9.17, 15) is 0 Å². The van der Waals surface area contributed by atoms with Gasteiger partial charge in [-0.2, -0.15) is 0 Å². The lowest BCUT2D eigenvalue weighted by Crippen LogP contribution is -1.83. The van der Waals surface area contributed by atoms with E-state index in [-0.39, 0.29) is 12.4 Å². The average Bonchev–Trinajstić information content (AvgIpc) is 2.59. The van der Waals surface area contributed by atoms with E-state index in [1.165, 1.54) is 0 Å². The van der Waals surface area contributed by atoms with Gasteiger partial charge < -0.3 is 9.72 Å². The van der Waals surface area contributed by atoms with Crippen LogP contribution < -0.4 is 4.74 Å². The third-order valence-corrected chi connectivity index (χ3v) is 2.12. The van der Waals surface area contributed by atoms with Crippen LogP contribution >= 0.6 is 24.0 Å². The van der Waals surface area contributed by atoms with Gasteiger partial charge in [0.1, 0.15) is 17.1 Å². The number of H-pyrrole nitrogens is 1. The summed E-state index contributed by atoms with van der Waals surface area (Å²) in [6.07, 6.45) is 0. The Labute approximate surface area is 92.8 Å². The number of alkyl halides is 1. The monoisotopic (exact) mass is 232 g/mol. The number of aromatic nitrogens is 2. The highest BCUT2D eigenvalue weighted by atomic mass is 35.5. The minimum atomic E-state index is 0. The summed E-state index contributed by atoms with van der Waals surface area (Å²) < 4.78 is 5.16. The molecule has 0 aliphatic carbocycles. The average molecular weight is 233 g/mol. The molecule has 0 spiro atoms. The first-order valence-electron chi connectivity index (χ1n) is 3.92. The molecule has 0 fully saturated rings. The lowest BCUT2D eigenvalue weighted by Gasteiger charge is -1.97. The van der Waals surface area contributed by atoms with Crippen molar-refractivity contribution in [2.24, 2.45) is 0 Å². The summed E-state index contributed by atoms with van der Waals surface area (Å²) in [7, 11) is 1.63. The van der Waals surface area contributed by atoms with Crippen LogP contribution in [-0.2, 0) is 5.88 Å². The molecule has 3 nitrogen and oxygen atoms in total. The van der Waals surface area contributed by atoms with Gasteiger partial charge in [0.15, 0.2) is 0 Å². The molecular weight excluding hydrogens is 223 g/mol.